The SMILES string of the molecule is CCNC(=S)NN=Cc1ccc(OCc2cccc([N+](=O)[O-])c2)cc1. The average Bonchev–Trinajstić information content (AvgIpc) is 2.61. The van der Waals surface area contributed by atoms with Gasteiger partial charge in [0, 0.05) is 18.7 Å². The van der Waals surface area contributed by atoms with Crippen LogP contribution in [0.5, 0.6) is 5.75 Å². The molecule has 0 amide bonds. The highest BCUT2D eigenvalue weighted by Crippen LogP contribution is 2.17. The van der Waals surface area contributed by atoms with Gasteiger partial charge >= 0.3 is 0 Å². The van der Waals surface area contributed by atoms with Gasteiger partial charge in [0.2, 0.25) is 0 Å². The Kier molecular flexibility index (Phi) is 6.85. The van der Waals surface area contributed by atoms with Crippen molar-refractivity contribution in [2.45, 2.75) is 13.5 Å². The minimum absolute atomic E-state index is 0.0515. The summed E-state index contributed by atoms with van der Waals surface area (Å²) in [5.74, 6) is 0.666. The molecule has 0 bridgehead atoms. The molecular weight excluding hydrogens is 340 g/mol. The first-order chi connectivity index (χ1) is 12.1. The standard InChI is InChI=1S/C17H18N4O3S/c1-2-18-17(25)20-19-11-13-6-8-16(9-7-13)24-12-14-4-3-5-15(10-14)21(22)23/h3-11H,2,12H2,1H3,(H2,18,20,25). The third kappa shape index (κ3) is 6.19. The van der Waals surface area contributed by atoms with Gasteiger partial charge in [0.25, 0.3) is 5.69 Å². The zero-order valence-corrected chi connectivity index (χ0v) is 14.5. The lowest BCUT2D eigenvalue weighted by molar-refractivity contribution is -0.384. The lowest BCUT2D eigenvalue weighted by Gasteiger charge is -2.06. The largest absolute Gasteiger partial charge is 0.489 e. The van der Waals surface area contributed by atoms with Gasteiger partial charge in [-0.2, -0.15) is 5.10 Å². The van der Waals surface area contributed by atoms with E-state index in [1.54, 1.807) is 30.5 Å². The summed E-state index contributed by atoms with van der Waals surface area (Å²) < 4.78 is 5.64. The van der Waals surface area contributed by atoms with Crippen molar-refractivity contribution in [1.29, 1.82) is 0 Å². The molecule has 2 aromatic carbocycles. The number of ether oxygens (including phenoxy) is 1. The first-order valence-corrected chi connectivity index (χ1v) is 8.02. The fourth-order valence-electron chi connectivity index (χ4n) is 1.94. The third-order valence-electron chi connectivity index (χ3n) is 3.12. The van der Waals surface area contributed by atoms with E-state index in [4.69, 9.17) is 17.0 Å². The van der Waals surface area contributed by atoms with Gasteiger partial charge in [-0.05, 0) is 54.5 Å². The van der Waals surface area contributed by atoms with Crippen molar-refractivity contribution in [3.63, 3.8) is 0 Å². The maximum atomic E-state index is 10.8. The number of nitrogens with zero attached hydrogens (tertiary/aromatic N) is 2. The molecule has 0 atom stereocenters. The number of nitro groups is 1. The summed E-state index contributed by atoms with van der Waals surface area (Å²) in [5, 5.41) is 18.2. The number of benzene rings is 2. The van der Waals surface area contributed by atoms with Crippen LogP contribution < -0.4 is 15.5 Å². The second-order valence-corrected chi connectivity index (χ2v) is 5.42. The van der Waals surface area contributed by atoms with Crippen molar-refractivity contribution >= 4 is 29.2 Å². The highest BCUT2D eigenvalue weighted by Gasteiger charge is 2.05. The van der Waals surface area contributed by atoms with E-state index < -0.39 is 4.92 Å². The molecule has 8 heteroatoms. The van der Waals surface area contributed by atoms with Crippen LogP contribution in [0.4, 0.5) is 5.69 Å². The van der Waals surface area contributed by atoms with E-state index in [-0.39, 0.29) is 12.3 Å². The van der Waals surface area contributed by atoms with E-state index in [1.165, 1.54) is 12.1 Å². The summed E-state index contributed by atoms with van der Waals surface area (Å²) in [4.78, 5) is 10.3. The summed E-state index contributed by atoms with van der Waals surface area (Å²) in [6, 6.07) is 13.7. The van der Waals surface area contributed by atoms with Crippen LogP contribution in [0.25, 0.3) is 0 Å². The molecule has 2 N–H and O–H groups in total. The Morgan fingerprint density at radius 2 is 2.08 bits per heavy atom. The van der Waals surface area contributed by atoms with Crippen molar-refractivity contribution in [1.82, 2.24) is 10.7 Å². The molecule has 0 heterocycles. The normalized spacial score (nSPS) is 10.4. The molecule has 2 aromatic rings. The van der Waals surface area contributed by atoms with Crippen LogP contribution in [0, 0.1) is 10.1 Å². The topological polar surface area (TPSA) is 88.8 Å². The first kappa shape index (κ1) is 18.3. The van der Waals surface area contributed by atoms with Crippen molar-refractivity contribution in [2.75, 3.05) is 6.54 Å². The summed E-state index contributed by atoms with van der Waals surface area (Å²) in [6.07, 6.45) is 1.65. The first-order valence-electron chi connectivity index (χ1n) is 7.61. The van der Waals surface area contributed by atoms with Gasteiger partial charge in [0.1, 0.15) is 12.4 Å². The Bertz CT molecular complexity index is 763. The summed E-state index contributed by atoms with van der Waals surface area (Å²) in [6.45, 7) is 2.94. The van der Waals surface area contributed by atoms with Crippen molar-refractivity contribution in [3.8, 4) is 5.75 Å². The molecule has 7 nitrogen and oxygen atoms in total. The number of hydrazone groups is 1. The van der Waals surface area contributed by atoms with E-state index in [9.17, 15) is 10.1 Å². The van der Waals surface area contributed by atoms with Crippen LogP contribution in [0.15, 0.2) is 53.6 Å². The number of thiocarbonyl (C=S) groups is 1. The molecule has 2 rings (SSSR count). The molecule has 0 saturated heterocycles. The fourth-order valence-corrected chi connectivity index (χ4v) is 2.14. The van der Waals surface area contributed by atoms with E-state index in [0.29, 0.717) is 10.9 Å². The lowest BCUT2D eigenvalue weighted by atomic mass is 10.2. The van der Waals surface area contributed by atoms with Gasteiger partial charge in [0.15, 0.2) is 5.11 Å². The molecule has 0 aliphatic rings. The molecule has 0 radical (unpaired) electrons. The van der Waals surface area contributed by atoms with Gasteiger partial charge in [-0.1, -0.05) is 12.1 Å². The van der Waals surface area contributed by atoms with Gasteiger partial charge in [-0.25, -0.2) is 0 Å². The predicted octanol–water partition coefficient (Wildman–Crippen LogP) is 2.99. The van der Waals surface area contributed by atoms with Gasteiger partial charge in [-0.3, -0.25) is 15.5 Å². The zero-order chi connectivity index (χ0) is 18.1. The molecule has 0 aliphatic heterocycles. The summed E-state index contributed by atoms with van der Waals surface area (Å²) >= 11 is 5.00. The second kappa shape index (κ2) is 9.33. The number of rotatable bonds is 7. The van der Waals surface area contributed by atoms with Crippen molar-refractivity contribution in [3.05, 3.63) is 69.8 Å². The van der Waals surface area contributed by atoms with E-state index in [1.807, 2.05) is 19.1 Å². The van der Waals surface area contributed by atoms with Gasteiger partial charge < -0.3 is 10.1 Å². The predicted molar refractivity (Wildman–Crippen MR) is 101 cm³/mol. The number of hydrogen-bond donors (Lipinski definition) is 2. The number of nitro benzene ring substituents is 1. The second-order valence-electron chi connectivity index (χ2n) is 5.01. The Hall–Kier alpha value is -3.00. The Morgan fingerprint density at radius 3 is 2.76 bits per heavy atom. The number of nitrogens with one attached hydrogen (secondary N) is 2. The molecule has 0 fully saturated rings. The van der Waals surface area contributed by atoms with Crippen molar-refractivity contribution in [2.24, 2.45) is 5.10 Å². The minimum atomic E-state index is -0.423. The van der Waals surface area contributed by atoms with E-state index >= 15 is 0 Å². The van der Waals surface area contributed by atoms with Crippen molar-refractivity contribution < 1.29 is 9.66 Å². The van der Waals surface area contributed by atoms with Gasteiger partial charge in [-0.15, -0.1) is 0 Å². The maximum absolute atomic E-state index is 10.8. The molecule has 25 heavy (non-hydrogen) atoms. The third-order valence-corrected chi connectivity index (χ3v) is 3.36. The van der Waals surface area contributed by atoms with Crippen LogP contribution >= 0.6 is 12.2 Å². The Morgan fingerprint density at radius 1 is 1.32 bits per heavy atom. The monoisotopic (exact) mass is 358 g/mol. The average molecular weight is 358 g/mol. The van der Waals surface area contributed by atoms with Crippen LogP contribution in [-0.4, -0.2) is 22.8 Å². The highest BCUT2D eigenvalue weighted by atomic mass is 32.1. The van der Waals surface area contributed by atoms with Crippen LogP contribution in [0.1, 0.15) is 18.1 Å². The Labute approximate surface area is 150 Å². The van der Waals surface area contributed by atoms with Gasteiger partial charge in [0.05, 0.1) is 11.1 Å². The molecular formula is C17H18N4O3S. The number of hydrogen-bond acceptors (Lipinski definition) is 5. The summed E-state index contributed by atoms with van der Waals surface area (Å²) in [5.41, 5.74) is 4.38. The minimum Gasteiger partial charge on any atom is -0.489 e. The van der Waals surface area contributed by atoms with Crippen LogP contribution in [-0.2, 0) is 6.61 Å². The molecule has 130 valence electrons. The van der Waals surface area contributed by atoms with Crippen LogP contribution in [0.3, 0.4) is 0 Å². The molecule has 0 unspecified atom stereocenters. The smallest absolute Gasteiger partial charge is 0.269 e. The molecule has 0 saturated carbocycles. The van der Waals surface area contributed by atoms with E-state index in [2.05, 4.69) is 15.8 Å². The molecule has 0 aromatic heterocycles. The Balaban J connectivity index is 1.88. The highest BCUT2D eigenvalue weighted by molar-refractivity contribution is 7.80. The molecule has 0 aliphatic carbocycles. The maximum Gasteiger partial charge on any atom is 0.269 e. The molecule has 0 spiro atoms. The fraction of sp³-hybridized carbons (Fsp3) is 0.176. The van der Waals surface area contributed by atoms with E-state index in [0.717, 1.165) is 17.7 Å². The lowest BCUT2D eigenvalue weighted by Crippen LogP contribution is -2.31. The zero-order valence-electron chi connectivity index (χ0n) is 13.6. The quantitative estimate of drug-likeness (QED) is 0.342. The summed E-state index contributed by atoms with van der Waals surface area (Å²) in [7, 11) is 0. The van der Waals surface area contributed by atoms with Crippen LogP contribution in [0.2, 0.25) is 0 Å². The number of non-ortho nitro benzene ring substituents is 1.